The molecule has 0 aliphatic rings. The van der Waals surface area contributed by atoms with Gasteiger partial charge in [-0.2, -0.15) is 0 Å². The first kappa shape index (κ1) is 14.1. The Morgan fingerprint density at radius 2 is 2.06 bits per heavy atom. The second kappa shape index (κ2) is 7.35. The molecule has 0 aliphatic carbocycles. The topological polar surface area (TPSA) is 35.2 Å². The van der Waals surface area contributed by atoms with Crippen molar-refractivity contribution in [3.8, 4) is 0 Å². The Morgan fingerprint density at radius 1 is 1.29 bits per heavy atom. The summed E-state index contributed by atoms with van der Waals surface area (Å²) in [5, 5.41) is 0. The van der Waals surface area contributed by atoms with E-state index < -0.39 is 11.6 Å². The van der Waals surface area contributed by atoms with E-state index >= 15 is 0 Å². The number of halogens is 2. The molecule has 0 amide bonds. The van der Waals surface area contributed by atoms with E-state index in [0.717, 1.165) is 19.1 Å². The van der Waals surface area contributed by atoms with Gasteiger partial charge in [-0.15, -0.1) is 0 Å². The van der Waals surface area contributed by atoms with Crippen LogP contribution in [0, 0.1) is 11.6 Å². The van der Waals surface area contributed by atoms with Gasteiger partial charge < -0.3 is 10.5 Å². The highest BCUT2D eigenvalue weighted by Crippen LogP contribution is 2.12. The molecule has 1 aromatic rings. The van der Waals surface area contributed by atoms with Gasteiger partial charge in [-0.3, -0.25) is 0 Å². The van der Waals surface area contributed by atoms with Crippen LogP contribution in [0.1, 0.15) is 25.3 Å². The summed E-state index contributed by atoms with van der Waals surface area (Å²) >= 11 is 0. The van der Waals surface area contributed by atoms with E-state index in [2.05, 4.69) is 0 Å². The van der Waals surface area contributed by atoms with Crippen LogP contribution < -0.4 is 5.73 Å². The molecule has 1 atom stereocenters. The van der Waals surface area contributed by atoms with E-state index in [9.17, 15) is 8.78 Å². The minimum Gasteiger partial charge on any atom is -0.381 e. The maximum atomic E-state index is 13.3. The van der Waals surface area contributed by atoms with Crippen LogP contribution in [-0.2, 0) is 11.2 Å². The Bertz CT molecular complexity index is 344. The molecule has 0 fully saturated rings. The summed E-state index contributed by atoms with van der Waals surface area (Å²) in [6, 6.07) is 3.41. The first-order chi connectivity index (χ1) is 8.13. The number of ether oxygens (including phenoxy) is 1. The zero-order chi connectivity index (χ0) is 12.7. The second-order valence-corrected chi connectivity index (χ2v) is 4.10. The molecular weight excluding hydrogens is 224 g/mol. The molecule has 96 valence electrons. The third kappa shape index (κ3) is 5.24. The normalized spacial score (nSPS) is 12.7. The first-order valence-electron chi connectivity index (χ1n) is 5.90. The number of rotatable bonds is 7. The second-order valence-electron chi connectivity index (χ2n) is 4.10. The van der Waals surface area contributed by atoms with Gasteiger partial charge in [-0.25, -0.2) is 8.78 Å². The summed E-state index contributed by atoms with van der Waals surface area (Å²) in [6.45, 7) is 3.34. The fourth-order valence-corrected chi connectivity index (χ4v) is 1.55. The third-order valence-electron chi connectivity index (χ3n) is 2.48. The highest BCUT2D eigenvalue weighted by Gasteiger charge is 2.09. The fourth-order valence-electron chi connectivity index (χ4n) is 1.55. The van der Waals surface area contributed by atoms with E-state index in [1.807, 2.05) is 6.92 Å². The molecule has 17 heavy (non-hydrogen) atoms. The van der Waals surface area contributed by atoms with E-state index in [4.69, 9.17) is 10.5 Å². The van der Waals surface area contributed by atoms with Gasteiger partial charge in [-0.1, -0.05) is 13.0 Å². The first-order valence-corrected chi connectivity index (χ1v) is 5.90. The van der Waals surface area contributed by atoms with Crippen LogP contribution in [0.3, 0.4) is 0 Å². The van der Waals surface area contributed by atoms with E-state index in [0.29, 0.717) is 25.0 Å². The van der Waals surface area contributed by atoms with Crippen LogP contribution in [0.5, 0.6) is 0 Å². The van der Waals surface area contributed by atoms with E-state index in [1.54, 1.807) is 0 Å². The Kier molecular flexibility index (Phi) is 6.08. The largest absolute Gasteiger partial charge is 0.381 e. The van der Waals surface area contributed by atoms with Gasteiger partial charge in [0.1, 0.15) is 11.6 Å². The van der Waals surface area contributed by atoms with Gasteiger partial charge in [-0.05, 0) is 30.9 Å². The van der Waals surface area contributed by atoms with Crippen molar-refractivity contribution < 1.29 is 13.5 Å². The summed E-state index contributed by atoms with van der Waals surface area (Å²) in [5.74, 6) is -1.10. The maximum Gasteiger partial charge on any atom is 0.129 e. The molecule has 0 heterocycles. The van der Waals surface area contributed by atoms with Gasteiger partial charge in [0, 0.05) is 25.3 Å². The summed E-state index contributed by atoms with van der Waals surface area (Å²) in [4.78, 5) is 0. The lowest BCUT2D eigenvalue weighted by molar-refractivity contribution is 0.127. The van der Waals surface area contributed by atoms with Crippen LogP contribution in [-0.4, -0.2) is 19.3 Å². The van der Waals surface area contributed by atoms with Crippen molar-refractivity contribution in [3.05, 3.63) is 35.4 Å². The number of hydrogen-bond acceptors (Lipinski definition) is 2. The zero-order valence-corrected chi connectivity index (χ0v) is 10.1. The van der Waals surface area contributed by atoms with Gasteiger partial charge in [0.25, 0.3) is 0 Å². The summed E-state index contributed by atoms with van der Waals surface area (Å²) < 4.78 is 31.3. The molecule has 2 N–H and O–H groups in total. The Labute approximate surface area is 101 Å². The lowest BCUT2D eigenvalue weighted by atomic mass is 10.0. The average molecular weight is 243 g/mol. The molecule has 0 saturated carbocycles. The minimum atomic E-state index is -0.564. The molecule has 0 spiro atoms. The number of benzene rings is 1. The molecular formula is C13H19F2NO. The summed E-state index contributed by atoms with van der Waals surface area (Å²) in [7, 11) is 0. The van der Waals surface area contributed by atoms with Gasteiger partial charge >= 0.3 is 0 Å². The maximum absolute atomic E-state index is 13.3. The van der Waals surface area contributed by atoms with Crippen LogP contribution in [0.2, 0.25) is 0 Å². The molecule has 0 radical (unpaired) electrons. The van der Waals surface area contributed by atoms with E-state index in [1.165, 1.54) is 12.1 Å². The minimum absolute atomic E-state index is 0.160. The molecule has 0 bridgehead atoms. The quantitative estimate of drug-likeness (QED) is 0.747. The predicted molar refractivity (Wildman–Crippen MR) is 63.8 cm³/mol. The standard InChI is InChI=1S/C13H19F2NO/c1-2-6-17-7-5-12(16)8-10-3-4-11(14)9-13(10)15/h3-4,9,12H,2,5-8,16H2,1H3. The predicted octanol–water partition coefficient (Wildman–Crippen LogP) is 2.65. The fraction of sp³-hybridized carbons (Fsp3) is 0.538. The van der Waals surface area contributed by atoms with Crippen molar-refractivity contribution in [2.45, 2.75) is 32.2 Å². The monoisotopic (exact) mass is 243 g/mol. The SMILES string of the molecule is CCCOCCC(N)Cc1ccc(F)cc1F. The van der Waals surface area contributed by atoms with Gasteiger partial charge in [0.2, 0.25) is 0 Å². The van der Waals surface area contributed by atoms with Gasteiger partial charge in [0.15, 0.2) is 0 Å². The highest BCUT2D eigenvalue weighted by molar-refractivity contribution is 5.19. The Balaban J connectivity index is 2.37. The van der Waals surface area contributed by atoms with Crippen LogP contribution in [0.25, 0.3) is 0 Å². The molecule has 0 aromatic heterocycles. The third-order valence-corrected chi connectivity index (χ3v) is 2.48. The number of nitrogens with two attached hydrogens (primary N) is 1. The zero-order valence-electron chi connectivity index (χ0n) is 10.1. The molecule has 1 aromatic carbocycles. The molecule has 2 nitrogen and oxygen atoms in total. The Hall–Kier alpha value is -1.00. The molecule has 4 heteroatoms. The van der Waals surface area contributed by atoms with Gasteiger partial charge in [0.05, 0.1) is 0 Å². The van der Waals surface area contributed by atoms with Crippen LogP contribution in [0.15, 0.2) is 18.2 Å². The van der Waals surface area contributed by atoms with E-state index in [-0.39, 0.29) is 6.04 Å². The van der Waals surface area contributed by atoms with Crippen molar-refractivity contribution >= 4 is 0 Å². The van der Waals surface area contributed by atoms with Crippen molar-refractivity contribution in [2.75, 3.05) is 13.2 Å². The van der Waals surface area contributed by atoms with Crippen LogP contribution in [0.4, 0.5) is 8.78 Å². The molecule has 1 rings (SSSR count). The summed E-state index contributed by atoms with van der Waals surface area (Å²) in [5.41, 5.74) is 6.31. The highest BCUT2D eigenvalue weighted by atomic mass is 19.1. The average Bonchev–Trinajstić information content (AvgIpc) is 2.28. The molecule has 0 saturated heterocycles. The van der Waals surface area contributed by atoms with Crippen molar-refractivity contribution in [2.24, 2.45) is 5.73 Å². The smallest absolute Gasteiger partial charge is 0.129 e. The molecule has 1 unspecified atom stereocenters. The lowest BCUT2D eigenvalue weighted by Gasteiger charge is -2.12. The van der Waals surface area contributed by atoms with Crippen molar-refractivity contribution in [1.82, 2.24) is 0 Å². The van der Waals surface area contributed by atoms with Crippen molar-refractivity contribution in [3.63, 3.8) is 0 Å². The Morgan fingerprint density at radius 3 is 2.71 bits per heavy atom. The number of hydrogen-bond donors (Lipinski definition) is 1. The summed E-state index contributed by atoms with van der Waals surface area (Å²) in [6.07, 6.45) is 2.06. The lowest BCUT2D eigenvalue weighted by Crippen LogP contribution is -2.25. The van der Waals surface area contributed by atoms with Crippen molar-refractivity contribution in [1.29, 1.82) is 0 Å². The van der Waals surface area contributed by atoms with Crippen LogP contribution >= 0.6 is 0 Å². The molecule has 0 aliphatic heterocycles.